The highest BCUT2D eigenvalue weighted by molar-refractivity contribution is 9.10. The molecule has 106 valence electrons. The molecule has 0 amide bonds. The first-order valence-corrected chi connectivity index (χ1v) is 7.57. The first kappa shape index (κ1) is 15.4. The van der Waals surface area contributed by atoms with E-state index in [1.807, 2.05) is 6.07 Å². The Morgan fingerprint density at radius 2 is 2.15 bits per heavy atom. The van der Waals surface area contributed by atoms with Crippen LogP contribution in [-0.2, 0) is 0 Å². The van der Waals surface area contributed by atoms with Crippen molar-refractivity contribution in [3.05, 3.63) is 63.1 Å². The van der Waals surface area contributed by atoms with Crippen molar-refractivity contribution in [3.63, 3.8) is 0 Å². The van der Waals surface area contributed by atoms with Gasteiger partial charge < -0.3 is 5.32 Å². The van der Waals surface area contributed by atoms with Gasteiger partial charge in [-0.1, -0.05) is 24.6 Å². The van der Waals surface area contributed by atoms with Crippen molar-refractivity contribution in [2.24, 2.45) is 0 Å². The molecule has 1 atom stereocenters. The Bertz CT molecular complexity index is 592. The van der Waals surface area contributed by atoms with Crippen LogP contribution < -0.4 is 5.32 Å². The van der Waals surface area contributed by atoms with Gasteiger partial charge in [0.25, 0.3) is 0 Å². The van der Waals surface area contributed by atoms with Gasteiger partial charge in [0, 0.05) is 27.5 Å². The van der Waals surface area contributed by atoms with Crippen LogP contribution in [0, 0.1) is 5.82 Å². The Hall–Kier alpha value is -0.970. The minimum absolute atomic E-state index is 0.239. The Balaban J connectivity index is 2.41. The summed E-state index contributed by atoms with van der Waals surface area (Å²) < 4.78 is 15.0. The van der Waals surface area contributed by atoms with Crippen molar-refractivity contribution in [1.82, 2.24) is 10.3 Å². The molecule has 0 saturated carbocycles. The number of aromatic nitrogens is 1. The molecule has 2 nitrogen and oxygen atoms in total. The SMILES string of the molecule is CCCNC(c1cncc(Br)c1)c1ccc(Cl)cc1F. The van der Waals surface area contributed by atoms with Crippen LogP contribution in [0.4, 0.5) is 4.39 Å². The Morgan fingerprint density at radius 3 is 2.80 bits per heavy atom. The molecule has 0 aliphatic heterocycles. The Labute approximate surface area is 131 Å². The topological polar surface area (TPSA) is 24.9 Å². The van der Waals surface area contributed by atoms with Crippen molar-refractivity contribution in [2.75, 3.05) is 6.54 Å². The molecule has 1 unspecified atom stereocenters. The summed E-state index contributed by atoms with van der Waals surface area (Å²) in [5.41, 5.74) is 1.48. The largest absolute Gasteiger partial charge is 0.306 e. The number of nitrogens with zero attached hydrogens (tertiary/aromatic N) is 1. The van der Waals surface area contributed by atoms with Gasteiger partial charge in [0.2, 0.25) is 0 Å². The molecule has 0 fully saturated rings. The molecular weight excluding hydrogens is 343 g/mol. The molecule has 0 aliphatic rings. The summed E-state index contributed by atoms with van der Waals surface area (Å²) in [6.45, 7) is 2.86. The van der Waals surface area contributed by atoms with E-state index >= 15 is 0 Å². The number of nitrogens with one attached hydrogen (secondary N) is 1. The zero-order chi connectivity index (χ0) is 14.5. The van der Waals surface area contributed by atoms with E-state index in [1.165, 1.54) is 6.07 Å². The van der Waals surface area contributed by atoms with Crippen LogP contribution in [0.5, 0.6) is 0 Å². The van der Waals surface area contributed by atoms with Crippen molar-refractivity contribution in [2.45, 2.75) is 19.4 Å². The van der Waals surface area contributed by atoms with Gasteiger partial charge in [-0.15, -0.1) is 0 Å². The van der Waals surface area contributed by atoms with Crippen molar-refractivity contribution in [3.8, 4) is 0 Å². The van der Waals surface area contributed by atoms with Crippen LogP contribution in [-0.4, -0.2) is 11.5 Å². The van der Waals surface area contributed by atoms with E-state index in [4.69, 9.17) is 11.6 Å². The van der Waals surface area contributed by atoms with Crippen molar-refractivity contribution in [1.29, 1.82) is 0 Å². The zero-order valence-electron chi connectivity index (χ0n) is 11.0. The fraction of sp³-hybridized carbons (Fsp3) is 0.267. The number of rotatable bonds is 5. The summed E-state index contributed by atoms with van der Waals surface area (Å²) in [6.07, 6.45) is 4.41. The van der Waals surface area contributed by atoms with Crippen molar-refractivity contribution < 1.29 is 4.39 Å². The normalized spacial score (nSPS) is 12.4. The first-order chi connectivity index (χ1) is 9.61. The van der Waals surface area contributed by atoms with Gasteiger partial charge in [-0.05, 0) is 52.7 Å². The molecule has 2 rings (SSSR count). The number of pyridine rings is 1. The third kappa shape index (κ3) is 3.78. The summed E-state index contributed by atoms with van der Waals surface area (Å²) in [5.74, 6) is -0.314. The molecule has 0 saturated heterocycles. The smallest absolute Gasteiger partial charge is 0.129 e. The van der Waals surface area contributed by atoms with Gasteiger partial charge in [0.15, 0.2) is 0 Å². The molecule has 1 N–H and O–H groups in total. The predicted octanol–water partition coefficient (Wildman–Crippen LogP) is 4.73. The number of benzene rings is 1. The van der Waals surface area contributed by atoms with E-state index in [9.17, 15) is 4.39 Å². The van der Waals surface area contributed by atoms with E-state index in [-0.39, 0.29) is 11.9 Å². The minimum Gasteiger partial charge on any atom is -0.306 e. The van der Waals surface area contributed by atoms with E-state index in [2.05, 4.69) is 33.2 Å². The maximum Gasteiger partial charge on any atom is 0.129 e. The summed E-state index contributed by atoms with van der Waals surface area (Å²) in [5, 5.41) is 3.74. The van der Waals surface area contributed by atoms with E-state index in [0.717, 1.165) is 23.0 Å². The van der Waals surface area contributed by atoms with Crippen LogP contribution in [0.1, 0.15) is 30.5 Å². The van der Waals surface area contributed by atoms with Crippen LogP contribution in [0.2, 0.25) is 5.02 Å². The average molecular weight is 358 g/mol. The number of hydrogen-bond donors (Lipinski definition) is 1. The van der Waals surface area contributed by atoms with E-state index in [0.29, 0.717) is 10.6 Å². The molecule has 20 heavy (non-hydrogen) atoms. The molecule has 0 aliphatic carbocycles. The van der Waals surface area contributed by atoms with Gasteiger partial charge in [-0.25, -0.2) is 4.39 Å². The Morgan fingerprint density at radius 1 is 1.35 bits per heavy atom. The molecule has 0 spiro atoms. The standard InChI is InChI=1S/C15H15BrClFN2/c1-2-5-20-15(10-6-11(16)9-19-8-10)13-4-3-12(17)7-14(13)18/h3-4,6-9,15,20H,2,5H2,1H3. The molecule has 1 heterocycles. The van der Waals surface area contributed by atoms with Crippen LogP contribution in [0.15, 0.2) is 41.1 Å². The monoisotopic (exact) mass is 356 g/mol. The number of hydrogen-bond acceptors (Lipinski definition) is 2. The summed E-state index contributed by atoms with van der Waals surface area (Å²) in [6, 6.07) is 6.45. The lowest BCUT2D eigenvalue weighted by Crippen LogP contribution is -2.24. The second-order valence-electron chi connectivity index (χ2n) is 4.49. The van der Waals surface area contributed by atoms with E-state index in [1.54, 1.807) is 24.5 Å². The van der Waals surface area contributed by atoms with E-state index < -0.39 is 0 Å². The van der Waals surface area contributed by atoms with Gasteiger partial charge >= 0.3 is 0 Å². The Kier molecular flexibility index (Phi) is 5.52. The van der Waals surface area contributed by atoms with Crippen LogP contribution >= 0.6 is 27.5 Å². The highest BCUT2D eigenvalue weighted by Gasteiger charge is 2.18. The fourth-order valence-electron chi connectivity index (χ4n) is 2.02. The second-order valence-corrected chi connectivity index (χ2v) is 5.84. The van der Waals surface area contributed by atoms with Gasteiger partial charge in [-0.3, -0.25) is 4.98 Å². The highest BCUT2D eigenvalue weighted by Crippen LogP contribution is 2.27. The van der Waals surface area contributed by atoms with Crippen LogP contribution in [0.25, 0.3) is 0 Å². The fourth-order valence-corrected chi connectivity index (χ4v) is 2.56. The third-order valence-corrected chi connectivity index (χ3v) is 3.60. The van der Waals surface area contributed by atoms with Gasteiger partial charge in [0.1, 0.15) is 5.82 Å². The van der Waals surface area contributed by atoms with Crippen molar-refractivity contribution >= 4 is 27.5 Å². The average Bonchev–Trinajstić information content (AvgIpc) is 2.41. The summed E-state index contributed by atoms with van der Waals surface area (Å²) in [7, 11) is 0. The zero-order valence-corrected chi connectivity index (χ0v) is 13.4. The van der Waals surface area contributed by atoms with Gasteiger partial charge in [0.05, 0.1) is 6.04 Å². The lowest BCUT2D eigenvalue weighted by atomic mass is 9.99. The predicted molar refractivity (Wildman–Crippen MR) is 83.5 cm³/mol. The molecule has 2 aromatic rings. The second kappa shape index (κ2) is 7.16. The lowest BCUT2D eigenvalue weighted by molar-refractivity contribution is 0.546. The quantitative estimate of drug-likeness (QED) is 0.837. The maximum absolute atomic E-state index is 14.2. The molecule has 0 bridgehead atoms. The summed E-state index contributed by atoms with van der Waals surface area (Å²) in [4.78, 5) is 4.15. The minimum atomic E-state index is -0.314. The molecule has 5 heteroatoms. The molecule has 1 aromatic heterocycles. The summed E-state index contributed by atoms with van der Waals surface area (Å²) >= 11 is 9.21. The van der Waals surface area contributed by atoms with Gasteiger partial charge in [-0.2, -0.15) is 0 Å². The first-order valence-electron chi connectivity index (χ1n) is 6.40. The molecule has 1 aromatic carbocycles. The van der Waals surface area contributed by atoms with Crippen LogP contribution in [0.3, 0.4) is 0 Å². The maximum atomic E-state index is 14.2. The molecule has 0 radical (unpaired) electrons. The third-order valence-electron chi connectivity index (χ3n) is 2.93. The molecular formula is C15H15BrClFN2. The highest BCUT2D eigenvalue weighted by atomic mass is 79.9. The lowest BCUT2D eigenvalue weighted by Gasteiger charge is -2.20. The number of halogens is 3.